The number of carbonyl (C=O) groups is 2. The van der Waals surface area contributed by atoms with Gasteiger partial charge in [-0.2, -0.15) is 0 Å². The van der Waals surface area contributed by atoms with Crippen molar-refractivity contribution in [3.8, 4) is 5.75 Å². The predicted octanol–water partition coefficient (Wildman–Crippen LogP) is 4.44. The van der Waals surface area contributed by atoms with E-state index in [1.54, 1.807) is 12.0 Å². The average Bonchev–Trinajstić information content (AvgIpc) is 3.16. The van der Waals surface area contributed by atoms with E-state index in [2.05, 4.69) is 4.98 Å². The zero-order chi connectivity index (χ0) is 22.2. The van der Waals surface area contributed by atoms with Gasteiger partial charge in [-0.25, -0.2) is 9.78 Å². The number of fused-ring (bicyclic) bond motifs is 1. The first-order chi connectivity index (χ1) is 15.0. The lowest BCUT2D eigenvalue weighted by Gasteiger charge is -2.25. The van der Waals surface area contributed by atoms with Crippen molar-refractivity contribution >= 4 is 33.6 Å². The molecule has 0 spiro atoms. The molecule has 0 radical (unpaired) electrons. The molecule has 0 N–H and O–H groups in total. The van der Waals surface area contributed by atoms with Gasteiger partial charge in [0.15, 0.2) is 0 Å². The summed E-state index contributed by atoms with van der Waals surface area (Å²) in [5.41, 5.74) is 1.74. The van der Waals surface area contributed by atoms with Gasteiger partial charge in [0.2, 0.25) is 0 Å². The van der Waals surface area contributed by atoms with Crippen molar-refractivity contribution in [3.05, 3.63) is 59.1 Å². The van der Waals surface area contributed by atoms with Crippen LogP contribution in [0.3, 0.4) is 0 Å². The van der Waals surface area contributed by atoms with Crippen LogP contribution in [-0.2, 0) is 27.3 Å². The summed E-state index contributed by atoms with van der Waals surface area (Å²) in [6, 6.07) is 15.0. The van der Waals surface area contributed by atoms with Crippen molar-refractivity contribution in [2.45, 2.75) is 32.9 Å². The summed E-state index contributed by atoms with van der Waals surface area (Å²) in [6.07, 6.45) is -0.350. The van der Waals surface area contributed by atoms with Crippen LogP contribution in [0, 0.1) is 0 Å². The molecule has 0 aliphatic heterocycles. The van der Waals surface area contributed by atoms with Crippen LogP contribution in [0.4, 0.5) is 4.79 Å². The van der Waals surface area contributed by atoms with Crippen molar-refractivity contribution < 1.29 is 23.8 Å². The van der Waals surface area contributed by atoms with Gasteiger partial charge in [0.1, 0.15) is 24.0 Å². The molecule has 1 aromatic heterocycles. The molecule has 7 nitrogen and oxygen atoms in total. The second-order valence-corrected chi connectivity index (χ2v) is 8.28. The summed E-state index contributed by atoms with van der Waals surface area (Å²) in [4.78, 5) is 30.7. The third-order valence-electron chi connectivity index (χ3n) is 4.59. The number of rotatable bonds is 9. The number of aromatic nitrogens is 1. The Labute approximate surface area is 185 Å². The van der Waals surface area contributed by atoms with Crippen molar-refractivity contribution in [2.75, 3.05) is 20.3 Å². The number of methoxy groups -OCH3 is 1. The maximum Gasteiger partial charge on any atom is 0.410 e. The van der Waals surface area contributed by atoms with Gasteiger partial charge in [0.25, 0.3) is 0 Å². The number of carbonyl (C=O) groups excluding carboxylic acids is 2. The highest BCUT2D eigenvalue weighted by molar-refractivity contribution is 7.18. The lowest BCUT2D eigenvalue weighted by Crippen LogP contribution is -2.40. The molecule has 3 rings (SSSR count). The highest BCUT2D eigenvalue weighted by atomic mass is 32.1. The normalized spacial score (nSPS) is 10.8. The summed E-state index contributed by atoms with van der Waals surface area (Å²) in [5, 5.41) is 0.677. The van der Waals surface area contributed by atoms with Gasteiger partial charge in [-0.1, -0.05) is 30.3 Å². The van der Waals surface area contributed by atoms with Crippen LogP contribution in [0.5, 0.6) is 5.75 Å². The number of thiazole rings is 1. The standard InChI is InChI=1S/C23H26N2O5S/c1-16(2)25(23(27)30-15-17-7-5-4-6-8-17)11-12-29-22(26)14-21-24-19-10-9-18(28-3)13-20(19)31-21/h4-10,13,16H,11-12,14-15H2,1-3H3. The molecule has 0 unspecified atom stereocenters. The largest absolute Gasteiger partial charge is 0.497 e. The van der Waals surface area contributed by atoms with E-state index in [0.29, 0.717) is 5.01 Å². The maximum atomic E-state index is 12.4. The number of ether oxygens (including phenoxy) is 3. The summed E-state index contributed by atoms with van der Waals surface area (Å²) >= 11 is 1.43. The Morgan fingerprint density at radius 1 is 1.10 bits per heavy atom. The van der Waals surface area contributed by atoms with E-state index in [-0.39, 0.29) is 38.2 Å². The fraction of sp³-hybridized carbons (Fsp3) is 0.348. The zero-order valence-corrected chi connectivity index (χ0v) is 18.7. The van der Waals surface area contributed by atoms with Gasteiger partial charge in [0.05, 0.1) is 30.3 Å². The minimum absolute atomic E-state index is 0.0822. The van der Waals surface area contributed by atoms with E-state index in [4.69, 9.17) is 14.2 Å². The summed E-state index contributed by atoms with van der Waals surface area (Å²) < 4.78 is 16.9. The number of benzene rings is 2. The van der Waals surface area contributed by atoms with Gasteiger partial charge in [-0.15, -0.1) is 11.3 Å². The van der Waals surface area contributed by atoms with E-state index >= 15 is 0 Å². The summed E-state index contributed by atoms with van der Waals surface area (Å²) in [7, 11) is 1.61. The van der Waals surface area contributed by atoms with E-state index in [1.807, 2.05) is 62.4 Å². The Morgan fingerprint density at radius 2 is 1.87 bits per heavy atom. The smallest absolute Gasteiger partial charge is 0.410 e. The van der Waals surface area contributed by atoms with Crippen molar-refractivity contribution in [1.29, 1.82) is 0 Å². The van der Waals surface area contributed by atoms with E-state index < -0.39 is 6.09 Å². The van der Waals surface area contributed by atoms with Crippen molar-refractivity contribution in [2.24, 2.45) is 0 Å². The lowest BCUT2D eigenvalue weighted by molar-refractivity contribution is -0.143. The Balaban J connectivity index is 1.47. The molecule has 164 valence electrons. The van der Waals surface area contributed by atoms with Gasteiger partial charge in [-0.05, 0) is 37.6 Å². The molecule has 0 bridgehead atoms. The molecule has 0 atom stereocenters. The van der Waals surface area contributed by atoms with E-state index in [1.165, 1.54) is 11.3 Å². The van der Waals surface area contributed by atoms with Gasteiger partial charge in [-0.3, -0.25) is 4.79 Å². The first kappa shape index (κ1) is 22.6. The predicted molar refractivity (Wildman–Crippen MR) is 119 cm³/mol. The monoisotopic (exact) mass is 442 g/mol. The van der Waals surface area contributed by atoms with Crippen molar-refractivity contribution in [3.63, 3.8) is 0 Å². The molecule has 3 aromatic rings. The van der Waals surface area contributed by atoms with E-state index in [9.17, 15) is 9.59 Å². The molecule has 0 aliphatic carbocycles. The Kier molecular flexibility index (Phi) is 7.83. The molecule has 0 aliphatic rings. The van der Waals surface area contributed by atoms with Gasteiger partial charge >= 0.3 is 12.1 Å². The van der Waals surface area contributed by atoms with Crippen molar-refractivity contribution in [1.82, 2.24) is 9.88 Å². The minimum atomic E-state index is -0.435. The van der Waals surface area contributed by atoms with Crippen LogP contribution in [0.15, 0.2) is 48.5 Å². The second-order valence-electron chi connectivity index (χ2n) is 7.17. The molecule has 31 heavy (non-hydrogen) atoms. The topological polar surface area (TPSA) is 78.0 Å². The third-order valence-corrected chi connectivity index (χ3v) is 5.61. The van der Waals surface area contributed by atoms with Crippen LogP contribution in [0.2, 0.25) is 0 Å². The molecular weight excluding hydrogens is 416 g/mol. The average molecular weight is 443 g/mol. The highest BCUT2D eigenvalue weighted by Crippen LogP contribution is 2.26. The molecule has 8 heteroatoms. The van der Waals surface area contributed by atoms with Gasteiger partial charge in [0, 0.05) is 6.04 Å². The number of esters is 1. The Hall–Kier alpha value is -3.13. The summed E-state index contributed by atoms with van der Waals surface area (Å²) in [6.45, 7) is 4.33. The fourth-order valence-electron chi connectivity index (χ4n) is 2.95. The van der Waals surface area contributed by atoms with E-state index in [0.717, 1.165) is 21.5 Å². The molecular formula is C23H26N2O5S. The SMILES string of the molecule is COc1ccc2nc(CC(=O)OCCN(C(=O)OCc3ccccc3)C(C)C)sc2c1. The fourth-order valence-corrected chi connectivity index (χ4v) is 3.93. The first-order valence-corrected chi connectivity index (χ1v) is 10.8. The van der Waals surface area contributed by atoms with Crippen LogP contribution in [0.25, 0.3) is 10.2 Å². The van der Waals surface area contributed by atoms with Crippen LogP contribution >= 0.6 is 11.3 Å². The molecule has 2 aromatic carbocycles. The lowest BCUT2D eigenvalue weighted by atomic mass is 10.2. The third kappa shape index (κ3) is 6.42. The molecule has 1 heterocycles. The van der Waals surface area contributed by atoms with Gasteiger partial charge < -0.3 is 19.1 Å². The number of hydrogen-bond acceptors (Lipinski definition) is 7. The van der Waals surface area contributed by atoms with Crippen LogP contribution in [-0.4, -0.2) is 48.2 Å². The molecule has 0 saturated carbocycles. The van der Waals surface area contributed by atoms with Crippen LogP contribution in [0.1, 0.15) is 24.4 Å². The second kappa shape index (κ2) is 10.8. The quantitative estimate of drug-likeness (QED) is 0.456. The molecule has 0 saturated heterocycles. The maximum absolute atomic E-state index is 12.4. The summed E-state index contributed by atoms with van der Waals surface area (Å²) in [5.74, 6) is 0.366. The molecule has 0 fully saturated rings. The number of hydrogen-bond donors (Lipinski definition) is 0. The first-order valence-electron chi connectivity index (χ1n) is 10.0. The number of nitrogens with zero attached hydrogens (tertiary/aromatic N) is 2. The number of amides is 1. The minimum Gasteiger partial charge on any atom is -0.497 e. The highest BCUT2D eigenvalue weighted by Gasteiger charge is 2.19. The molecule has 1 amide bonds. The van der Waals surface area contributed by atoms with Crippen LogP contribution < -0.4 is 4.74 Å². The Bertz CT molecular complexity index is 1020. The zero-order valence-electron chi connectivity index (χ0n) is 17.9. The Morgan fingerprint density at radius 3 is 2.58 bits per heavy atom.